The molecule has 11 nitrogen and oxygen atoms in total. The van der Waals surface area contributed by atoms with Gasteiger partial charge in [-0.2, -0.15) is 10.4 Å². The van der Waals surface area contributed by atoms with E-state index in [1.54, 1.807) is 32.0 Å². The maximum Gasteiger partial charge on any atom is 0.370 e. The Kier molecular flexibility index (Phi) is 7.38. The smallest absolute Gasteiger partial charge is 0.370 e. The molecule has 0 bridgehead atoms. The number of carboxylic acid groups (broad SMARTS) is 1. The van der Waals surface area contributed by atoms with Crippen LogP contribution in [0.2, 0.25) is 0 Å². The molecule has 1 amide bonds. The number of aliphatic hydroxyl groups is 3. The van der Waals surface area contributed by atoms with Crippen molar-refractivity contribution in [3.8, 4) is 6.07 Å². The zero-order chi connectivity index (χ0) is 24.4. The highest BCUT2D eigenvalue weighted by molar-refractivity contribution is 9.10. The molecule has 0 radical (unpaired) electrons. The summed E-state index contributed by atoms with van der Waals surface area (Å²) in [5, 5.41) is 57.0. The molecule has 176 valence electrons. The lowest BCUT2D eigenvalue weighted by atomic mass is 9.91. The lowest BCUT2D eigenvalue weighted by Crippen LogP contribution is -2.59. The fraction of sp³-hybridized carbons (Fsp3) is 0.429. The molecule has 0 unspecified atom stereocenters. The molecule has 5 atom stereocenters. The maximum absolute atomic E-state index is 12.6. The van der Waals surface area contributed by atoms with Crippen molar-refractivity contribution < 1.29 is 34.8 Å². The highest BCUT2D eigenvalue weighted by atomic mass is 79.9. The van der Waals surface area contributed by atoms with E-state index in [1.165, 1.54) is 10.8 Å². The molecule has 1 aromatic carbocycles. The monoisotopic (exact) mass is 522 g/mol. The molecule has 0 saturated heterocycles. The molecule has 2 aromatic rings. The van der Waals surface area contributed by atoms with Crippen LogP contribution >= 0.6 is 15.9 Å². The first-order valence-electron chi connectivity index (χ1n) is 10.1. The van der Waals surface area contributed by atoms with Crippen LogP contribution in [-0.2, 0) is 14.3 Å². The van der Waals surface area contributed by atoms with Crippen LogP contribution in [0.1, 0.15) is 25.6 Å². The lowest BCUT2D eigenvalue weighted by molar-refractivity contribution is -0.147. The van der Waals surface area contributed by atoms with E-state index in [2.05, 4.69) is 32.4 Å². The second kappa shape index (κ2) is 9.88. The first kappa shape index (κ1) is 24.7. The van der Waals surface area contributed by atoms with Crippen molar-refractivity contribution in [2.24, 2.45) is 5.92 Å². The standard InChI is InChI=1S/C21H23BrN4O7/c1-9(2)20(30)24-17-13(6-16(21(31)32)33-19(17)18(29)15(28)8-27)26-14(7-23)11-4-3-10(22)5-12(11)25-26/h3-6,9,13,15,17-19,27-29H,8H2,1-2H3,(H,24,30)(H,31,32)/t13-,15+,17+,18+,19+/m0/s1. The topological polar surface area (TPSA) is 178 Å². The van der Waals surface area contributed by atoms with Crippen molar-refractivity contribution in [2.45, 2.75) is 44.2 Å². The van der Waals surface area contributed by atoms with Gasteiger partial charge in [0, 0.05) is 15.8 Å². The highest BCUT2D eigenvalue weighted by Gasteiger charge is 2.45. The largest absolute Gasteiger partial charge is 0.478 e. The Morgan fingerprint density at radius 2 is 2.06 bits per heavy atom. The molecule has 1 aliphatic rings. The van der Waals surface area contributed by atoms with Gasteiger partial charge in [-0.3, -0.25) is 4.79 Å². The van der Waals surface area contributed by atoms with Gasteiger partial charge < -0.3 is 30.5 Å². The number of carbonyl (C=O) groups excluding carboxylic acids is 1. The number of aromatic nitrogens is 2. The van der Waals surface area contributed by atoms with Crippen LogP contribution in [0.3, 0.4) is 0 Å². The summed E-state index contributed by atoms with van der Waals surface area (Å²) in [6, 6.07) is 4.92. The van der Waals surface area contributed by atoms with Crippen molar-refractivity contribution in [2.75, 3.05) is 6.61 Å². The molecule has 0 saturated carbocycles. The number of fused-ring (bicyclic) bond motifs is 1. The average molecular weight is 523 g/mol. The minimum atomic E-state index is -1.76. The number of hydrogen-bond acceptors (Lipinski definition) is 8. The summed E-state index contributed by atoms with van der Waals surface area (Å²) in [7, 11) is 0. The second-order valence-corrected chi connectivity index (χ2v) is 8.82. The van der Waals surface area contributed by atoms with Crippen LogP contribution in [-0.4, -0.2) is 73.0 Å². The molecule has 0 aliphatic carbocycles. The fourth-order valence-electron chi connectivity index (χ4n) is 3.57. The molecule has 33 heavy (non-hydrogen) atoms. The predicted octanol–water partition coefficient (Wildman–Crippen LogP) is 0.434. The number of carbonyl (C=O) groups is 2. The molecule has 2 heterocycles. The van der Waals surface area contributed by atoms with Crippen molar-refractivity contribution in [3.05, 3.63) is 40.2 Å². The average Bonchev–Trinajstić information content (AvgIpc) is 3.14. The number of aliphatic carboxylic acids is 1. The van der Waals surface area contributed by atoms with Crippen molar-refractivity contribution in [1.29, 1.82) is 5.26 Å². The van der Waals surface area contributed by atoms with Crippen LogP contribution in [0.5, 0.6) is 0 Å². The van der Waals surface area contributed by atoms with Crippen LogP contribution in [0, 0.1) is 17.2 Å². The van der Waals surface area contributed by atoms with Gasteiger partial charge in [-0.15, -0.1) is 0 Å². The van der Waals surface area contributed by atoms with E-state index >= 15 is 0 Å². The number of rotatable bonds is 7. The third kappa shape index (κ3) is 4.86. The number of hydrogen-bond donors (Lipinski definition) is 5. The SMILES string of the molecule is CC(C)C(=O)N[C@H]1[C@H]([C@H](O)[C@H](O)CO)OC(C(=O)O)=C[C@@H]1n1nc2cc(Br)ccc2c1C#N. The number of nitriles is 1. The third-order valence-corrected chi connectivity index (χ3v) is 5.81. The molecular formula is C21H23BrN4O7. The van der Waals surface area contributed by atoms with E-state index in [4.69, 9.17) is 4.74 Å². The normalized spacial score (nSPS) is 22.2. The summed E-state index contributed by atoms with van der Waals surface area (Å²) in [5.74, 6) is -2.93. The zero-order valence-electron chi connectivity index (χ0n) is 17.7. The number of ether oxygens (including phenoxy) is 1. The Balaban J connectivity index is 2.23. The first-order chi connectivity index (χ1) is 15.6. The van der Waals surface area contributed by atoms with E-state index in [0.29, 0.717) is 15.4 Å². The Bertz CT molecular complexity index is 1140. The molecule has 1 aromatic heterocycles. The lowest BCUT2D eigenvalue weighted by Gasteiger charge is -2.40. The van der Waals surface area contributed by atoms with Crippen LogP contribution in [0.15, 0.2) is 34.5 Å². The number of amides is 1. The summed E-state index contributed by atoms with van der Waals surface area (Å²) in [5.41, 5.74) is 0.546. The summed E-state index contributed by atoms with van der Waals surface area (Å²) in [6.45, 7) is 2.45. The first-order valence-corrected chi connectivity index (χ1v) is 10.8. The molecule has 1 aliphatic heterocycles. The van der Waals surface area contributed by atoms with Gasteiger partial charge in [0.15, 0.2) is 0 Å². The fourth-order valence-corrected chi connectivity index (χ4v) is 3.92. The number of halogens is 1. The van der Waals surface area contributed by atoms with E-state index in [-0.39, 0.29) is 5.69 Å². The number of benzene rings is 1. The Morgan fingerprint density at radius 1 is 1.36 bits per heavy atom. The van der Waals surface area contributed by atoms with Crippen LogP contribution < -0.4 is 5.32 Å². The second-order valence-electron chi connectivity index (χ2n) is 7.91. The molecule has 5 N–H and O–H groups in total. The van der Waals surface area contributed by atoms with Gasteiger partial charge in [0.2, 0.25) is 11.7 Å². The minimum absolute atomic E-state index is 0.102. The predicted molar refractivity (Wildman–Crippen MR) is 118 cm³/mol. The van der Waals surface area contributed by atoms with Gasteiger partial charge in [-0.05, 0) is 24.3 Å². The molecule has 12 heteroatoms. The van der Waals surface area contributed by atoms with E-state index < -0.39 is 60.6 Å². The number of carboxylic acids is 1. The van der Waals surface area contributed by atoms with E-state index in [9.17, 15) is 35.3 Å². The van der Waals surface area contributed by atoms with Gasteiger partial charge in [0.25, 0.3) is 0 Å². The molecule has 3 rings (SSSR count). The number of nitrogens with zero attached hydrogens (tertiary/aromatic N) is 3. The third-order valence-electron chi connectivity index (χ3n) is 5.32. The van der Waals surface area contributed by atoms with E-state index in [1.807, 2.05) is 0 Å². The molecule has 0 spiro atoms. The number of aliphatic hydroxyl groups excluding tert-OH is 3. The van der Waals surface area contributed by atoms with Crippen molar-refractivity contribution >= 4 is 38.7 Å². The summed E-state index contributed by atoms with van der Waals surface area (Å²) in [6.07, 6.45) is -3.72. The van der Waals surface area contributed by atoms with E-state index in [0.717, 1.165) is 0 Å². The van der Waals surface area contributed by atoms with Gasteiger partial charge in [-0.25, -0.2) is 9.48 Å². The van der Waals surface area contributed by atoms with Crippen molar-refractivity contribution in [3.63, 3.8) is 0 Å². The Labute approximate surface area is 197 Å². The maximum atomic E-state index is 12.6. The molecular weight excluding hydrogens is 500 g/mol. The Morgan fingerprint density at radius 3 is 2.64 bits per heavy atom. The van der Waals surface area contributed by atoms with Gasteiger partial charge >= 0.3 is 5.97 Å². The van der Waals surface area contributed by atoms with Crippen LogP contribution in [0.25, 0.3) is 10.9 Å². The highest BCUT2D eigenvalue weighted by Crippen LogP contribution is 2.33. The Hall–Kier alpha value is -2.98. The number of nitrogens with one attached hydrogen (secondary N) is 1. The van der Waals surface area contributed by atoms with Gasteiger partial charge in [0.05, 0.1) is 24.2 Å². The zero-order valence-corrected chi connectivity index (χ0v) is 19.3. The summed E-state index contributed by atoms with van der Waals surface area (Å²) < 4.78 is 7.41. The van der Waals surface area contributed by atoms with Gasteiger partial charge in [-0.1, -0.05) is 29.8 Å². The quantitative estimate of drug-likeness (QED) is 0.344. The minimum Gasteiger partial charge on any atom is -0.478 e. The summed E-state index contributed by atoms with van der Waals surface area (Å²) in [4.78, 5) is 24.4. The van der Waals surface area contributed by atoms with Gasteiger partial charge in [0.1, 0.15) is 30.1 Å². The van der Waals surface area contributed by atoms with Crippen molar-refractivity contribution in [1.82, 2.24) is 15.1 Å². The molecule has 0 fully saturated rings. The summed E-state index contributed by atoms with van der Waals surface area (Å²) >= 11 is 3.34. The van der Waals surface area contributed by atoms with Crippen LogP contribution in [0.4, 0.5) is 0 Å².